The highest BCUT2D eigenvalue weighted by Gasteiger charge is 2.17. The Morgan fingerprint density at radius 2 is 1.90 bits per heavy atom. The molecule has 0 bridgehead atoms. The highest BCUT2D eigenvalue weighted by Crippen LogP contribution is 2.23. The van der Waals surface area contributed by atoms with E-state index < -0.39 is 0 Å². The second-order valence-electron chi connectivity index (χ2n) is 6.76. The van der Waals surface area contributed by atoms with Gasteiger partial charge in [0.1, 0.15) is 5.75 Å². The fraction of sp³-hybridized carbons (Fsp3) is 0.174. The van der Waals surface area contributed by atoms with Crippen molar-refractivity contribution in [2.24, 2.45) is 0 Å². The summed E-state index contributed by atoms with van der Waals surface area (Å²) in [4.78, 5) is 28.1. The lowest BCUT2D eigenvalue weighted by atomic mass is 10.2. The highest BCUT2D eigenvalue weighted by atomic mass is 32.1. The number of amides is 1. The molecule has 0 aliphatic rings. The van der Waals surface area contributed by atoms with E-state index in [1.165, 1.54) is 6.20 Å². The topological polar surface area (TPSA) is 64.4 Å². The third kappa shape index (κ3) is 4.26. The van der Waals surface area contributed by atoms with Gasteiger partial charge in [0.25, 0.3) is 0 Å². The molecule has 0 aliphatic heterocycles. The molecule has 0 radical (unpaired) electrons. The number of carbonyl (C=O) groups is 1. The maximum absolute atomic E-state index is 13.2. The molecule has 30 heavy (non-hydrogen) atoms. The summed E-state index contributed by atoms with van der Waals surface area (Å²) in [6, 6.07) is 18.8. The van der Waals surface area contributed by atoms with E-state index in [2.05, 4.69) is 5.10 Å². The Bertz CT molecular complexity index is 1200. The number of methoxy groups -OCH3 is 1. The zero-order valence-corrected chi connectivity index (χ0v) is 17.3. The van der Waals surface area contributed by atoms with Crippen LogP contribution >= 0.6 is 11.3 Å². The molecular weight excluding hydrogens is 398 g/mol. The molecule has 4 aromatic rings. The molecule has 0 saturated heterocycles. The van der Waals surface area contributed by atoms with Gasteiger partial charge in [-0.1, -0.05) is 18.2 Å². The summed E-state index contributed by atoms with van der Waals surface area (Å²) in [6.45, 7) is 0.887. The van der Waals surface area contributed by atoms with E-state index in [1.807, 2.05) is 60.0 Å². The van der Waals surface area contributed by atoms with Gasteiger partial charge in [-0.05, 0) is 47.8 Å². The predicted molar refractivity (Wildman–Crippen MR) is 119 cm³/mol. The van der Waals surface area contributed by atoms with Gasteiger partial charge in [0.05, 0.1) is 31.9 Å². The average molecular weight is 420 g/mol. The summed E-state index contributed by atoms with van der Waals surface area (Å²) in [6.07, 6.45) is 1.57. The van der Waals surface area contributed by atoms with Gasteiger partial charge in [-0.3, -0.25) is 14.3 Å². The van der Waals surface area contributed by atoms with Crippen LogP contribution in [0.2, 0.25) is 0 Å². The summed E-state index contributed by atoms with van der Waals surface area (Å²) in [5.74, 6) is 0.726. The number of nitrogens with zero attached hydrogens (tertiary/aromatic N) is 3. The van der Waals surface area contributed by atoms with E-state index in [-0.39, 0.29) is 17.8 Å². The average Bonchev–Trinajstić information content (AvgIpc) is 3.30. The van der Waals surface area contributed by atoms with Crippen LogP contribution in [0.25, 0.3) is 10.9 Å². The van der Waals surface area contributed by atoms with Crippen LogP contribution in [0.4, 0.5) is 5.69 Å². The Balaban J connectivity index is 1.57. The van der Waals surface area contributed by atoms with Crippen LogP contribution in [0.1, 0.15) is 11.3 Å². The van der Waals surface area contributed by atoms with Crippen LogP contribution in [-0.4, -0.2) is 22.8 Å². The molecule has 152 valence electrons. The number of anilines is 1. The van der Waals surface area contributed by atoms with Crippen molar-refractivity contribution in [3.63, 3.8) is 0 Å². The lowest BCUT2D eigenvalue weighted by Gasteiger charge is -2.23. The van der Waals surface area contributed by atoms with Gasteiger partial charge >= 0.3 is 0 Å². The zero-order valence-electron chi connectivity index (χ0n) is 16.5. The molecule has 0 saturated carbocycles. The van der Waals surface area contributed by atoms with Crippen molar-refractivity contribution < 1.29 is 9.53 Å². The van der Waals surface area contributed by atoms with Gasteiger partial charge in [-0.25, -0.2) is 0 Å². The zero-order chi connectivity index (χ0) is 20.9. The van der Waals surface area contributed by atoms with E-state index in [1.54, 1.807) is 34.1 Å². The van der Waals surface area contributed by atoms with Crippen LogP contribution in [-0.2, 0) is 17.9 Å². The second-order valence-corrected chi connectivity index (χ2v) is 7.79. The number of aromatic nitrogens is 2. The Hall–Kier alpha value is -3.45. The maximum atomic E-state index is 13.2. The Morgan fingerprint density at radius 3 is 2.63 bits per heavy atom. The first-order valence-corrected chi connectivity index (χ1v) is 10.5. The molecule has 2 aromatic carbocycles. The van der Waals surface area contributed by atoms with Gasteiger partial charge in [-0.15, -0.1) is 11.3 Å². The molecule has 0 unspecified atom stereocenters. The van der Waals surface area contributed by atoms with E-state index in [4.69, 9.17) is 4.74 Å². The van der Waals surface area contributed by atoms with Gasteiger partial charge in [0.2, 0.25) is 11.3 Å². The Morgan fingerprint density at radius 1 is 1.10 bits per heavy atom. The molecule has 2 heterocycles. The summed E-state index contributed by atoms with van der Waals surface area (Å²) >= 11 is 1.62. The van der Waals surface area contributed by atoms with Crippen molar-refractivity contribution >= 4 is 33.8 Å². The number of para-hydroxylation sites is 1. The van der Waals surface area contributed by atoms with E-state index in [0.717, 1.165) is 21.8 Å². The molecule has 0 spiro atoms. The lowest BCUT2D eigenvalue weighted by Crippen LogP contribution is -2.31. The van der Waals surface area contributed by atoms with Crippen molar-refractivity contribution in [1.29, 1.82) is 0 Å². The van der Waals surface area contributed by atoms with E-state index >= 15 is 0 Å². The molecular formula is C23H21N3O3S. The molecule has 2 aromatic heterocycles. The van der Waals surface area contributed by atoms with Crippen LogP contribution in [0.5, 0.6) is 5.75 Å². The van der Waals surface area contributed by atoms with Gasteiger partial charge < -0.3 is 9.64 Å². The first-order chi connectivity index (χ1) is 14.7. The van der Waals surface area contributed by atoms with E-state index in [9.17, 15) is 9.59 Å². The summed E-state index contributed by atoms with van der Waals surface area (Å²) in [5.41, 5.74) is 1.42. The van der Waals surface area contributed by atoms with Crippen molar-refractivity contribution in [2.45, 2.75) is 19.5 Å². The molecule has 0 atom stereocenters. The summed E-state index contributed by atoms with van der Waals surface area (Å²) in [5, 5.41) is 6.83. The molecule has 1 amide bonds. The van der Waals surface area contributed by atoms with Crippen molar-refractivity contribution in [2.75, 3.05) is 12.0 Å². The van der Waals surface area contributed by atoms with Crippen LogP contribution in [0, 0.1) is 0 Å². The first-order valence-electron chi connectivity index (χ1n) is 9.57. The third-order valence-corrected chi connectivity index (χ3v) is 5.74. The fourth-order valence-corrected chi connectivity index (χ4v) is 4.01. The smallest absolute Gasteiger partial charge is 0.229 e. The number of hydrogen-bond acceptors (Lipinski definition) is 5. The minimum absolute atomic E-state index is 0.0156. The molecule has 4 rings (SSSR count). The second kappa shape index (κ2) is 8.92. The van der Waals surface area contributed by atoms with E-state index in [0.29, 0.717) is 18.5 Å². The minimum Gasteiger partial charge on any atom is -0.497 e. The first kappa shape index (κ1) is 19.8. The Labute approximate surface area is 178 Å². The number of benzene rings is 2. The number of rotatable bonds is 7. The number of ether oxygens (including phenoxy) is 1. The fourth-order valence-electron chi connectivity index (χ4n) is 3.32. The number of aryl methyl sites for hydroxylation is 1. The summed E-state index contributed by atoms with van der Waals surface area (Å²) in [7, 11) is 1.62. The normalized spacial score (nSPS) is 10.8. The third-order valence-electron chi connectivity index (χ3n) is 4.88. The standard InChI is InChI=1S/C23H21N3O3S/c1-29-18-10-8-17(9-11-18)25(16-19-5-4-14-30-19)23(28)12-13-26-21-7-3-2-6-20(21)22(27)15-24-26/h2-11,14-15H,12-13,16H2,1H3. The number of fused-ring (bicyclic) bond motifs is 1. The monoisotopic (exact) mass is 419 g/mol. The number of carbonyl (C=O) groups excluding carboxylic acids is 1. The largest absolute Gasteiger partial charge is 0.497 e. The van der Waals surface area contributed by atoms with Gasteiger partial charge in [-0.2, -0.15) is 5.10 Å². The molecule has 0 N–H and O–H groups in total. The van der Waals surface area contributed by atoms with Gasteiger partial charge in [0.15, 0.2) is 0 Å². The highest BCUT2D eigenvalue weighted by molar-refractivity contribution is 7.09. The number of thiophene rings is 1. The minimum atomic E-state index is -0.120. The SMILES string of the molecule is COc1ccc(N(Cc2cccs2)C(=O)CCn2ncc(=O)c3ccccc32)cc1. The molecule has 7 heteroatoms. The van der Waals surface area contributed by atoms with Crippen molar-refractivity contribution in [3.8, 4) is 5.75 Å². The van der Waals surface area contributed by atoms with Gasteiger partial charge in [0, 0.05) is 22.4 Å². The van der Waals surface area contributed by atoms with Crippen molar-refractivity contribution in [1.82, 2.24) is 9.78 Å². The molecule has 0 aliphatic carbocycles. The van der Waals surface area contributed by atoms with Crippen molar-refractivity contribution in [3.05, 3.63) is 87.3 Å². The quantitative estimate of drug-likeness (QED) is 0.453. The van der Waals surface area contributed by atoms with Crippen LogP contribution in [0.3, 0.4) is 0 Å². The van der Waals surface area contributed by atoms with Crippen LogP contribution in [0.15, 0.2) is 77.0 Å². The predicted octanol–water partition coefficient (Wildman–Crippen LogP) is 4.09. The Kier molecular flexibility index (Phi) is 5.90. The molecule has 6 nitrogen and oxygen atoms in total. The van der Waals surface area contributed by atoms with Crippen LogP contribution < -0.4 is 15.1 Å². The maximum Gasteiger partial charge on any atom is 0.229 e. The lowest BCUT2D eigenvalue weighted by molar-refractivity contribution is -0.119. The number of hydrogen-bond donors (Lipinski definition) is 0. The summed E-state index contributed by atoms with van der Waals surface area (Å²) < 4.78 is 6.95. The molecule has 0 fully saturated rings.